The van der Waals surface area contributed by atoms with E-state index in [4.69, 9.17) is 4.98 Å². The molecular weight excluding hydrogens is 422 g/mol. The van der Waals surface area contributed by atoms with Crippen LogP contribution < -0.4 is 0 Å². The number of hydrogen-bond acceptors (Lipinski definition) is 1. The SMILES string of the molecule is Cc1cc2c(-c3ccc4ccccc4c3)cc(-c3ccc4ccccc4c3)nc2c2ccccc12. The van der Waals surface area contributed by atoms with E-state index in [1.54, 1.807) is 0 Å². The Morgan fingerprint density at radius 3 is 1.74 bits per heavy atom. The number of rotatable bonds is 2. The van der Waals surface area contributed by atoms with Gasteiger partial charge in [-0.15, -0.1) is 0 Å². The molecule has 35 heavy (non-hydrogen) atoms. The van der Waals surface area contributed by atoms with Crippen molar-refractivity contribution in [1.82, 2.24) is 4.98 Å². The first kappa shape index (κ1) is 19.9. The van der Waals surface area contributed by atoms with Crippen molar-refractivity contribution >= 4 is 43.2 Å². The Labute approximate surface area is 204 Å². The molecule has 0 aliphatic heterocycles. The molecule has 0 aliphatic rings. The molecule has 0 saturated carbocycles. The third-order valence-corrected chi connectivity index (χ3v) is 7.13. The molecule has 0 N–H and O–H groups in total. The van der Waals surface area contributed by atoms with Gasteiger partial charge in [0.05, 0.1) is 11.2 Å². The van der Waals surface area contributed by atoms with Gasteiger partial charge in [0.25, 0.3) is 0 Å². The molecule has 1 heteroatoms. The van der Waals surface area contributed by atoms with Crippen molar-refractivity contribution in [2.24, 2.45) is 0 Å². The van der Waals surface area contributed by atoms with E-state index in [0.717, 1.165) is 16.8 Å². The normalized spacial score (nSPS) is 11.6. The second-order valence-corrected chi connectivity index (χ2v) is 9.31. The first-order valence-electron chi connectivity index (χ1n) is 12.1. The van der Waals surface area contributed by atoms with E-state index in [-0.39, 0.29) is 0 Å². The average molecular weight is 446 g/mol. The monoisotopic (exact) mass is 445 g/mol. The van der Waals surface area contributed by atoms with Gasteiger partial charge < -0.3 is 0 Å². The van der Waals surface area contributed by atoms with Crippen molar-refractivity contribution in [3.63, 3.8) is 0 Å². The van der Waals surface area contributed by atoms with Crippen LogP contribution in [0, 0.1) is 6.92 Å². The molecule has 164 valence electrons. The Kier molecular flexibility index (Phi) is 4.43. The molecular formula is C34H23N. The molecule has 7 rings (SSSR count). The van der Waals surface area contributed by atoms with Crippen molar-refractivity contribution < 1.29 is 0 Å². The first-order chi connectivity index (χ1) is 17.2. The van der Waals surface area contributed by atoms with E-state index in [9.17, 15) is 0 Å². The van der Waals surface area contributed by atoms with E-state index in [1.165, 1.54) is 54.4 Å². The molecule has 1 nitrogen and oxygen atoms in total. The quantitative estimate of drug-likeness (QED) is 0.242. The summed E-state index contributed by atoms with van der Waals surface area (Å²) in [6, 6.07) is 43.7. The zero-order valence-electron chi connectivity index (χ0n) is 19.5. The summed E-state index contributed by atoms with van der Waals surface area (Å²) in [5.74, 6) is 0. The Bertz CT molecular complexity index is 1910. The van der Waals surface area contributed by atoms with Gasteiger partial charge in [0.2, 0.25) is 0 Å². The van der Waals surface area contributed by atoms with Crippen molar-refractivity contribution in [1.29, 1.82) is 0 Å². The molecule has 1 aromatic heterocycles. The van der Waals surface area contributed by atoms with Gasteiger partial charge >= 0.3 is 0 Å². The van der Waals surface area contributed by atoms with Gasteiger partial charge in [-0.2, -0.15) is 0 Å². The van der Waals surface area contributed by atoms with Crippen molar-refractivity contribution in [3.8, 4) is 22.4 Å². The summed E-state index contributed by atoms with van der Waals surface area (Å²) in [7, 11) is 0. The van der Waals surface area contributed by atoms with Crippen LogP contribution in [0.15, 0.2) is 121 Å². The van der Waals surface area contributed by atoms with Gasteiger partial charge in [0, 0.05) is 16.3 Å². The highest BCUT2D eigenvalue weighted by atomic mass is 14.7. The fourth-order valence-electron chi connectivity index (χ4n) is 5.33. The average Bonchev–Trinajstić information content (AvgIpc) is 2.92. The number of pyridine rings is 1. The predicted molar refractivity (Wildman–Crippen MR) is 150 cm³/mol. The van der Waals surface area contributed by atoms with Crippen LogP contribution in [0.5, 0.6) is 0 Å². The fourth-order valence-corrected chi connectivity index (χ4v) is 5.33. The highest BCUT2D eigenvalue weighted by molar-refractivity contribution is 6.12. The zero-order chi connectivity index (χ0) is 23.4. The second-order valence-electron chi connectivity index (χ2n) is 9.31. The second kappa shape index (κ2) is 7.78. The summed E-state index contributed by atoms with van der Waals surface area (Å²) in [6.45, 7) is 2.20. The Balaban J connectivity index is 1.58. The molecule has 7 aromatic rings. The largest absolute Gasteiger partial charge is 0.247 e. The van der Waals surface area contributed by atoms with E-state index < -0.39 is 0 Å². The lowest BCUT2D eigenvalue weighted by Gasteiger charge is -2.15. The van der Waals surface area contributed by atoms with Gasteiger partial charge in [-0.1, -0.05) is 97.1 Å². The van der Waals surface area contributed by atoms with Crippen LogP contribution >= 0.6 is 0 Å². The zero-order valence-corrected chi connectivity index (χ0v) is 19.5. The van der Waals surface area contributed by atoms with Crippen molar-refractivity contribution in [2.75, 3.05) is 0 Å². The smallest absolute Gasteiger partial charge is 0.0794 e. The third kappa shape index (κ3) is 3.28. The van der Waals surface area contributed by atoms with Gasteiger partial charge in [-0.05, 0) is 74.8 Å². The molecule has 0 bridgehead atoms. The van der Waals surface area contributed by atoms with Gasteiger partial charge in [-0.3, -0.25) is 0 Å². The summed E-state index contributed by atoms with van der Waals surface area (Å²) in [5.41, 5.74) is 6.90. The minimum Gasteiger partial charge on any atom is -0.247 e. The Hall–Kier alpha value is -4.49. The minimum absolute atomic E-state index is 1.00. The number of aryl methyl sites for hydroxylation is 1. The number of fused-ring (bicyclic) bond motifs is 5. The standard InChI is InChI=1S/C34H23N/c1-22-18-32-31(27-16-14-23-8-2-4-10-25(23)19-27)21-33(35-34(32)30-13-7-6-12-29(22)30)28-17-15-24-9-3-5-11-26(24)20-28/h2-21H,1H3. The van der Waals surface area contributed by atoms with E-state index in [0.29, 0.717) is 0 Å². The maximum absolute atomic E-state index is 5.27. The van der Waals surface area contributed by atoms with Crippen LogP contribution in [0.1, 0.15) is 5.56 Å². The molecule has 6 aromatic carbocycles. The molecule has 0 amide bonds. The molecule has 0 radical (unpaired) electrons. The summed E-state index contributed by atoms with van der Waals surface area (Å²) < 4.78 is 0. The van der Waals surface area contributed by atoms with Gasteiger partial charge in [-0.25, -0.2) is 4.98 Å². The first-order valence-corrected chi connectivity index (χ1v) is 12.1. The lowest BCUT2D eigenvalue weighted by molar-refractivity contribution is 1.41. The van der Waals surface area contributed by atoms with Crippen LogP contribution in [0.4, 0.5) is 0 Å². The maximum Gasteiger partial charge on any atom is 0.0794 e. The van der Waals surface area contributed by atoms with Crippen LogP contribution in [0.2, 0.25) is 0 Å². The Morgan fingerprint density at radius 2 is 1.03 bits per heavy atom. The fraction of sp³-hybridized carbons (Fsp3) is 0.0294. The topological polar surface area (TPSA) is 12.9 Å². The summed E-state index contributed by atoms with van der Waals surface area (Å²) in [5, 5.41) is 8.63. The maximum atomic E-state index is 5.27. The van der Waals surface area contributed by atoms with Gasteiger partial charge in [0.1, 0.15) is 0 Å². The van der Waals surface area contributed by atoms with Crippen LogP contribution in [-0.4, -0.2) is 4.98 Å². The number of aromatic nitrogens is 1. The minimum atomic E-state index is 1.00. The van der Waals surface area contributed by atoms with Crippen LogP contribution in [0.25, 0.3) is 65.6 Å². The predicted octanol–water partition coefficient (Wildman–Crippen LogP) is 9.34. The molecule has 0 aliphatic carbocycles. The van der Waals surface area contributed by atoms with Crippen LogP contribution in [-0.2, 0) is 0 Å². The Morgan fingerprint density at radius 1 is 0.457 bits per heavy atom. The highest BCUT2D eigenvalue weighted by Gasteiger charge is 2.14. The lowest BCUT2D eigenvalue weighted by atomic mass is 9.92. The van der Waals surface area contributed by atoms with E-state index >= 15 is 0 Å². The number of hydrogen-bond donors (Lipinski definition) is 0. The molecule has 0 saturated heterocycles. The number of nitrogens with zero attached hydrogens (tertiary/aromatic N) is 1. The summed E-state index contributed by atoms with van der Waals surface area (Å²) >= 11 is 0. The molecule has 1 heterocycles. The van der Waals surface area contributed by atoms with E-state index in [2.05, 4.69) is 128 Å². The van der Waals surface area contributed by atoms with Gasteiger partial charge in [0.15, 0.2) is 0 Å². The highest BCUT2D eigenvalue weighted by Crippen LogP contribution is 2.38. The number of benzene rings is 6. The summed E-state index contributed by atoms with van der Waals surface area (Å²) in [6.07, 6.45) is 0. The van der Waals surface area contributed by atoms with Crippen molar-refractivity contribution in [3.05, 3.63) is 127 Å². The third-order valence-electron chi connectivity index (χ3n) is 7.13. The molecule has 0 fully saturated rings. The van der Waals surface area contributed by atoms with E-state index in [1.807, 2.05) is 0 Å². The molecule has 0 unspecified atom stereocenters. The molecule has 0 spiro atoms. The lowest BCUT2D eigenvalue weighted by Crippen LogP contribution is -1.93. The molecule has 0 atom stereocenters. The van der Waals surface area contributed by atoms with Crippen LogP contribution in [0.3, 0.4) is 0 Å². The van der Waals surface area contributed by atoms with Crippen molar-refractivity contribution in [2.45, 2.75) is 6.92 Å². The summed E-state index contributed by atoms with van der Waals surface area (Å²) in [4.78, 5) is 5.27.